The predicted molar refractivity (Wildman–Crippen MR) is 81.6 cm³/mol. The first-order valence-electron chi connectivity index (χ1n) is 6.54. The molecular formula is C13H20N2O3S2. The zero-order chi connectivity index (χ0) is 14.6. The van der Waals surface area contributed by atoms with Gasteiger partial charge in [0.25, 0.3) is 0 Å². The molecule has 1 saturated heterocycles. The van der Waals surface area contributed by atoms with Crippen LogP contribution in [0, 0.1) is 0 Å². The van der Waals surface area contributed by atoms with Gasteiger partial charge in [-0.15, -0.1) is 0 Å². The monoisotopic (exact) mass is 316 g/mol. The Morgan fingerprint density at radius 3 is 2.70 bits per heavy atom. The van der Waals surface area contributed by atoms with Crippen molar-refractivity contribution in [2.75, 3.05) is 18.6 Å². The Hall–Kier alpha value is -0.760. The lowest BCUT2D eigenvalue weighted by atomic mass is 10.2. The normalized spacial score (nSPS) is 17.1. The highest BCUT2D eigenvalue weighted by molar-refractivity contribution is 7.99. The number of benzene rings is 1. The molecule has 112 valence electrons. The molecule has 0 unspecified atom stereocenters. The van der Waals surface area contributed by atoms with E-state index in [-0.39, 0.29) is 10.9 Å². The highest BCUT2D eigenvalue weighted by atomic mass is 32.2. The molecule has 1 aliphatic rings. The predicted octanol–water partition coefficient (Wildman–Crippen LogP) is 1.33. The molecule has 0 atom stereocenters. The summed E-state index contributed by atoms with van der Waals surface area (Å²) in [5.74, 6) is 2.33. The van der Waals surface area contributed by atoms with Crippen LogP contribution in [0.25, 0.3) is 0 Å². The molecule has 0 radical (unpaired) electrons. The molecular weight excluding hydrogens is 296 g/mol. The fraction of sp³-hybridized carbons (Fsp3) is 0.538. The van der Waals surface area contributed by atoms with Crippen molar-refractivity contribution in [1.82, 2.24) is 4.72 Å². The number of sulfonamides is 1. The highest BCUT2D eigenvalue weighted by Crippen LogP contribution is 2.26. The third kappa shape index (κ3) is 3.66. The fourth-order valence-electron chi connectivity index (χ4n) is 2.16. The van der Waals surface area contributed by atoms with Crippen molar-refractivity contribution in [3.05, 3.63) is 23.8 Å². The first kappa shape index (κ1) is 15.6. The van der Waals surface area contributed by atoms with E-state index in [1.165, 1.54) is 7.11 Å². The van der Waals surface area contributed by atoms with Crippen LogP contribution in [0.4, 0.5) is 0 Å². The van der Waals surface area contributed by atoms with Gasteiger partial charge in [-0.1, -0.05) is 6.07 Å². The van der Waals surface area contributed by atoms with Gasteiger partial charge in [0.1, 0.15) is 10.6 Å². The van der Waals surface area contributed by atoms with Gasteiger partial charge in [0.15, 0.2) is 0 Å². The topological polar surface area (TPSA) is 81.4 Å². The third-order valence-electron chi connectivity index (χ3n) is 3.30. The molecule has 0 amide bonds. The number of methoxy groups -OCH3 is 1. The maximum atomic E-state index is 12.5. The molecule has 1 heterocycles. The fourth-order valence-corrected chi connectivity index (χ4v) is 4.72. The lowest BCUT2D eigenvalue weighted by molar-refractivity contribution is 0.401. The molecule has 0 aromatic heterocycles. The van der Waals surface area contributed by atoms with Crippen molar-refractivity contribution < 1.29 is 13.2 Å². The van der Waals surface area contributed by atoms with Gasteiger partial charge in [0, 0.05) is 12.6 Å². The number of thioether (sulfide) groups is 1. The molecule has 20 heavy (non-hydrogen) atoms. The van der Waals surface area contributed by atoms with E-state index in [0.717, 1.165) is 29.9 Å². The van der Waals surface area contributed by atoms with Crippen molar-refractivity contribution in [3.63, 3.8) is 0 Å². The summed E-state index contributed by atoms with van der Waals surface area (Å²) in [6.07, 6.45) is 1.74. The standard InChI is InChI=1S/C13H20N2O3S2/c1-18-12-8-10(9-14)2-3-13(12)20(16,17)15-11-4-6-19-7-5-11/h2-3,8,11,15H,4-7,9,14H2,1H3. The zero-order valence-corrected chi connectivity index (χ0v) is 13.1. The van der Waals surface area contributed by atoms with Gasteiger partial charge < -0.3 is 10.5 Å². The Labute approximate surface area is 124 Å². The zero-order valence-electron chi connectivity index (χ0n) is 11.5. The minimum atomic E-state index is -3.55. The largest absolute Gasteiger partial charge is 0.495 e. The number of ether oxygens (including phenoxy) is 1. The summed E-state index contributed by atoms with van der Waals surface area (Å²) >= 11 is 1.86. The van der Waals surface area contributed by atoms with Crippen molar-refractivity contribution in [2.45, 2.75) is 30.3 Å². The molecule has 1 aliphatic heterocycles. The molecule has 2 rings (SSSR count). The third-order valence-corrected chi connectivity index (χ3v) is 5.91. The molecule has 1 aromatic carbocycles. The van der Waals surface area contributed by atoms with Gasteiger partial charge in [-0.3, -0.25) is 0 Å². The summed E-state index contributed by atoms with van der Waals surface area (Å²) < 4.78 is 32.9. The quantitative estimate of drug-likeness (QED) is 0.856. The van der Waals surface area contributed by atoms with E-state index in [2.05, 4.69) is 4.72 Å². The van der Waals surface area contributed by atoms with Crippen LogP contribution >= 0.6 is 11.8 Å². The van der Waals surface area contributed by atoms with Crippen LogP contribution < -0.4 is 15.2 Å². The van der Waals surface area contributed by atoms with Crippen LogP contribution in [-0.4, -0.2) is 33.1 Å². The van der Waals surface area contributed by atoms with Gasteiger partial charge in [0.2, 0.25) is 10.0 Å². The van der Waals surface area contributed by atoms with E-state index in [0.29, 0.717) is 12.3 Å². The van der Waals surface area contributed by atoms with Crippen LogP contribution in [0.1, 0.15) is 18.4 Å². The van der Waals surface area contributed by atoms with Crippen LogP contribution in [0.3, 0.4) is 0 Å². The summed E-state index contributed by atoms with van der Waals surface area (Å²) in [5.41, 5.74) is 6.40. The van der Waals surface area contributed by atoms with Crippen LogP contribution in [0.2, 0.25) is 0 Å². The SMILES string of the molecule is COc1cc(CN)ccc1S(=O)(=O)NC1CCSCC1. The first-order valence-corrected chi connectivity index (χ1v) is 9.17. The minimum Gasteiger partial charge on any atom is -0.495 e. The van der Waals surface area contributed by atoms with Crippen LogP contribution in [-0.2, 0) is 16.6 Å². The van der Waals surface area contributed by atoms with Gasteiger partial charge in [-0.2, -0.15) is 11.8 Å². The molecule has 7 heteroatoms. The molecule has 0 aliphatic carbocycles. The minimum absolute atomic E-state index is 0.0140. The molecule has 3 N–H and O–H groups in total. The second-order valence-electron chi connectivity index (χ2n) is 4.70. The molecule has 5 nitrogen and oxygen atoms in total. The van der Waals surface area contributed by atoms with Gasteiger partial charge >= 0.3 is 0 Å². The molecule has 1 aromatic rings. The molecule has 0 bridgehead atoms. The summed E-state index contributed by atoms with van der Waals surface area (Å²) in [7, 11) is -2.09. The molecule has 0 spiro atoms. The molecule has 0 saturated carbocycles. The number of nitrogens with two attached hydrogens (primary N) is 1. The average Bonchev–Trinajstić information content (AvgIpc) is 2.47. The smallest absolute Gasteiger partial charge is 0.244 e. The lowest BCUT2D eigenvalue weighted by Crippen LogP contribution is -2.37. The van der Waals surface area contributed by atoms with Crippen molar-refractivity contribution in [3.8, 4) is 5.75 Å². The van der Waals surface area contributed by atoms with Gasteiger partial charge in [-0.05, 0) is 42.0 Å². The van der Waals surface area contributed by atoms with Crippen LogP contribution in [0.5, 0.6) is 5.75 Å². The van der Waals surface area contributed by atoms with Gasteiger partial charge in [-0.25, -0.2) is 13.1 Å². The lowest BCUT2D eigenvalue weighted by Gasteiger charge is -2.23. The number of nitrogens with one attached hydrogen (secondary N) is 1. The first-order chi connectivity index (χ1) is 9.56. The van der Waals surface area contributed by atoms with Crippen molar-refractivity contribution in [1.29, 1.82) is 0 Å². The van der Waals surface area contributed by atoms with Crippen molar-refractivity contribution >= 4 is 21.8 Å². The maximum Gasteiger partial charge on any atom is 0.244 e. The highest BCUT2D eigenvalue weighted by Gasteiger charge is 2.24. The summed E-state index contributed by atoms with van der Waals surface area (Å²) in [6.45, 7) is 0.351. The number of hydrogen-bond acceptors (Lipinski definition) is 5. The molecule has 1 fully saturated rings. The van der Waals surface area contributed by atoms with E-state index in [9.17, 15) is 8.42 Å². The number of rotatable bonds is 5. The Morgan fingerprint density at radius 1 is 1.40 bits per heavy atom. The Kier molecular flexibility index (Phi) is 5.31. The summed E-state index contributed by atoms with van der Waals surface area (Å²) in [4.78, 5) is 0.176. The second-order valence-corrected chi connectivity index (χ2v) is 7.60. The number of hydrogen-bond donors (Lipinski definition) is 2. The van der Waals surface area contributed by atoms with E-state index < -0.39 is 10.0 Å². The van der Waals surface area contributed by atoms with Crippen LogP contribution in [0.15, 0.2) is 23.1 Å². The Bertz CT molecular complexity index is 555. The van der Waals surface area contributed by atoms with E-state index in [1.807, 2.05) is 11.8 Å². The second kappa shape index (κ2) is 6.80. The average molecular weight is 316 g/mol. The summed E-state index contributed by atoms with van der Waals surface area (Å²) in [6, 6.07) is 4.96. The van der Waals surface area contributed by atoms with E-state index >= 15 is 0 Å². The Morgan fingerprint density at radius 2 is 2.10 bits per heavy atom. The summed E-state index contributed by atoms with van der Waals surface area (Å²) in [5, 5.41) is 0. The Balaban J connectivity index is 2.24. The van der Waals surface area contributed by atoms with E-state index in [4.69, 9.17) is 10.5 Å². The van der Waals surface area contributed by atoms with Crippen molar-refractivity contribution in [2.24, 2.45) is 5.73 Å². The van der Waals surface area contributed by atoms with E-state index in [1.54, 1.807) is 18.2 Å². The van der Waals surface area contributed by atoms with Gasteiger partial charge in [0.05, 0.1) is 7.11 Å². The maximum absolute atomic E-state index is 12.5.